The number of piperidine rings is 1. The third kappa shape index (κ3) is 7.12. The topological polar surface area (TPSA) is 58.1 Å². The molecule has 0 saturated carbocycles. The third-order valence-corrected chi connectivity index (χ3v) is 6.41. The third-order valence-electron chi connectivity index (χ3n) is 5.46. The minimum Gasteiger partial charge on any atom is -0.377 e. The van der Waals surface area contributed by atoms with E-state index in [4.69, 9.17) is 9.47 Å². The molecule has 0 spiro atoms. The number of rotatable bonds is 8. The molecule has 28 heavy (non-hydrogen) atoms. The van der Waals surface area contributed by atoms with Crippen LogP contribution in [0.4, 0.5) is 0 Å². The van der Waals surface area contributed by atoms with E-state index in [0.717, 1.165) is 38.5 Å². The van der Waals surface area contributed by atoms with E-state index in [2.05, 4.69) is 45.1 Å². The summed E-state index contributed by atoms with van der Waals surface area (Å²) in [6.07, 6.45) is 5.08. The maximum absolute atomic E-state index is 5.71. The molecule has 3 unspecified atom stereocenters. The fourth-order valence-corrected chi connectivity index (χ4v) is 5.05. The largest absolute Gasteiger partial charge is 0.377 e. The number of hydrogen-bond acceptors (Lipinski definition) is 5. The smallest absolute Gasteiger partial charge is 0.191 e. The first-order valence-electron chi connectivity index (χ1n) is 10.2. The van der Waals surface area contributed by atoms with Crippen LogP contribution in [-0.4, -0.2) is 70.5 Å². The van der Waals surface area contributed by atoms with E-state index in [-0.39, 0.29) is 24.0 Å². The number of thiophene rings is 1. The van der Waals surface area contributed by atoms with Gasteiger partial charge in [0.2, 0.25) is 0 Å². The Morgan fingerprint density at radius 2 is 2.25 bits per heavy atom. The van der Waals surface area contributed by atoms with E-state index in [1.54, 1.807) is 0 Å². The molecule has 3 atom stereocenters. The van der Waals surface area contributed by atoms with Crippen LogP contribution in [0.3, 0.4) is 0 Å². The molecular formula is C20H35IN4O2S. The first-order valence-corrected chi connectivity index (χ1v) is 11.0. The van der Waals surface area contributed by atoms with E-state index in [0.29, 0.717) is 31.3 Å². The summed E-state index contributed by atoms with van der Waals surface area (Å²) in [6, 6.07) is 4.92. The van der Waals surface area contributed by atoms with Crippen molar-refractivity contribution >= 4 is 41.3 Å². The monoisotopic (exact) mass is 522 g/mol. The van der Waals surface area contributed by atoms with Gasteiger partial charge in [-0.05, 0) is 56.6 Å². The van der Waals surface area contributed by atoms with E-state index in [1.807, 2.05) is 18.4 Å². The molecule has 2 saturated heterocycles. The Hall–Kier alpha value is -0.420. The molecule has 0 amide bonds. The van der Waals surface area contributed by atoms with E-state index < -0.39 is 0 Å². The Balaban J connectivity index is 0.00000280. The second-order valence-electron chi connectivity index (χ2n) is 7.43. The summed E-state index contributed by atoms with van der Waals surface area (Å²) in [5.74, 6) is 1.45. The molecule has 1 aromatic heterocycles. The van der Waals surface area contributed by atoms with Crippen molar-refractivity contribution in [3.63, 3.8) is 0 Å². The maximum atomic E-state index is 5.71. The van der Waals surface area contributed by atoms with Gasteiger partial charge in [-0.2, -0.15) is 0 Å². The van der Waals surface area contributed by atoms with Crippen LogP contribution >= 0.6 is 35.3 Å². The van der Waals surface area contributed by atoms with Crippen LogP contribution in [0.2, 0.25) is 0 Å². The average Bonchev–Trinajstić information content (AvgIpc) is 3.38. The minimum atomic E-state index is 0. The maximum Gasteiger partial charge on any atom is 0.191 e. The number of nitrogens with zero attached hydrogens (tertiary/aromatic N) is 2. The Labute approximate surface area is 190 Å². The summed E-state index contributed by atoms with van der Waals surface area (Å²) in [5.41, 5.74) is 0. The van der Waals surface area contributed by atoms with Gasteiger partial charge in [0.05, 0.1) is 19.3 Å². The molecule has 3 rings (SSSR count). The molecule has 2 aliphatic heterocycles. The van der Waals surface area contributed by atoms with E-state index in [9.17, 15) is 0 Å². The number of hydrogen-bond donors (Lipinski definition) is 2. The Bertz CT molecular complexity index is 567. The van der Waals surface area contributed by atoms with Crippen LogP contribution in [0.25, 0.3) is 0 Å². The highest BCUT2D eigenvalue weighted by Crippen LogP contribution is 2.36. The van der Waals surface area contributed by atoms with Crippen LogP contribution in [-0.2, 0) is 9.47 Å². The van der Waals surface area contributed by atoms with Crippen molar-refractivity contribution in [2.75, 3.05) is 53.6 Å². The zero-order valence-electron chi connectivity index (χ0n) is 17.1. The van der Waals surface area contributed by atoms with Crippen molar-refractivity contribution in [3.8, 4) is 0 Å². The minimum absolute atomic E-state index is 0. The van der Waals surface area contributed by atoms with Gasteiger partial charge in [-0.25, -0.2) is 0 Å². The quantitative estimate of drug-likeness (QED) is 0.238. The molecular weight excluding hydrogens is 487 g/mol. The molecule has 2 aliphatic rings. The Morgan fingerprint density at radius 3 is 2.96 bits per heavy atom. The van der Waals surface area contributed by atoms with Crippen molar-refractivity contribution < 1.29 is 9.47 Å². The predicted octanol–water partition coefficient (Wildman–Crippen LogP) is 3.11. The number of guanidine groups is 1. The summed E-state index contributed by atoms with van der Waals surface area (Å²) in [6.45, 7) is 5.11. The Kier molecular flexibility index (Phi) is 11.1. The first kappa shape index (κ1) is 23.9. The lowest BCUT2D eigenvalue weighted by molar-refractivity contribution is 0.0191. The zero-order chi connectivity index (χ0) is 18.9. The van der Waals surface area contributed by atoms with Gasteiger partial charge in [0, 0.05) is 37.7 Å². The van der Waals surface area contributed by atoms with Gasteiger partial charge >= 0.3 is 0 Å². The van der Waals surface area contributed by atoms with Crippen molar-refractivity contribution in [1.82, 2.24) is 15.5 Å². The van der Waals surface area contributed by atoms with Crippen molar-refractivity contribution in [3.05, 3.63) is 22.4 Å². The normalized spacial score (nSPS) is 26.1. The van der Waals surface area contributed by atoms with Gasteiger partial charge < -0.3 is 20.1 Å². The summed E-state index contributed by atoms with van der Waals surface area (Å²) >= 11 is 1.86. The molecule has 0 aromatic carbocycles. The van der Waals surface area contributed by atoms with Crippen LogP contribution < -0.4 is 10.6 Å². The lowest BCUT2D eigenvalue weighted by Crippen LogP contribution is -2.45. The van der Waals surface area contributed by atoms with Gasteiger partial charge in [0.15, 0.2) is 5.96 Å². The molecule has 3 heterocycles. The fourth-order valence-electron chi connectivity index (χ4n) is 4.06. The highest BCUT2D eigenvalue weighted by Gasteiger charge is 2.31. The molecule has 0 aliphatic carbocycles. The van der Waals surface area contributed by atoms with Crippen LogP contribution in [0.15, 0.2) is 22.5 Å². The lowest BCUT2D eigenvalue weighted by atomic mass is 9.88. The predicted molar refractivity (Wildman–Crippen MR) is 127 cm³/mol. The number of likely N-dealkylation sites (tertiary alicyclic amines) is 1. The molecule has 8 heteroatoms. The number of halogens is 1. The highest BCUT2D eigenvalue weighted by atomic mass is 127. The summed E-state index contributed by atoms with van der Waals surface area (Å²) in [4.78, 5) is 8.32. The molecule has 2 N–H and O–H groups in total. The standard InChI is InChI=1S/C20H34N4O2S.HI/c1-21-20(22-9-12-25-15-17-7-4-11-26-17)23-14-16-6-3-10-24(2)19(16)18-8-5-13-27-18;/h5,8,13,16-17,19H,3-4,6-7,9-12,14-15H2,1-2H3,(H2,21,22,23);1H. The fraction of sp³-hybridized carbons (Fsp3) is 0.750. The van der Waals surface area contributed by atoms with Gasteiger partial charge in [-0.15, -0.1) is 35.3 Å². The summed E-state index contributed by atoms with van der Waals surface area (Å²) < 4.78 is 11.3. The SMILES string of the molecule is CN=C(NCCOCC1CCCO1)NCC1CCCN(C)C1c1cccs1.I. The van der Waals surface area contributed by atoms with Crippen molar-refractivity contribution in [2.45, 2.75) is 37.8 Å². The first-order chi connectivity index (χ1) is 13.3. The van der Waals surface area contributed by atoms with Crippen LogP contribution in [0, 0.1) is 5.92 Å². The number of aliphatic imine (C=N–C) groups is 1. The van der Waals surface area contributed by atoms with Gasteiger partial charge in [0.25, 0.3) is 0 Å². The molecule has 0 radical (unpaired) electrons. The average molecular weight is 522 g/mol. The lowest BCUT2D eigenvalue weighted by Gasteiger charge is -2.39. The number of nitrogens with one attached hydrogen (secondary N) is 2. The second kappa shape index (κ2) is 13.0. The van der Waals surface area contributed by atoms with Gasteiger partial charge in [0.1, 0.15) is 0 Å². The molecule has 160 valence electrons. The zero-order valence-corrected chi connectivity index (χ0v) is 20.2. The molecule has 2 fully saturated rings. The number of ether oxygens (including phenoxy) is 2. The summed E-state index contributed by atoms with van der Waals surface area (Å²) in [7, 11) is 4.07. The second-order valence-corrected chi connectivity index (χ2v) is 8.41. The summed E-state index contributed by atoms with van der Waals surface area (Å²) in [5, 5.41) is 9.06. The van der Waals surface area contributed by atoms with E-state index in [1.165, 1.54) is 24.3 Å². The Morgan fingerprint density at radius 1 is 1.36 bits per heavy atom. The van der Waals surface area contributed by atoms with Crippen LogP contribution in [0.5, 0.6) is 0 Å². The van der Waals surface area contributed by atoms with E-state index >= 15 is 0 Å². The van der Waals surface area contributed by atoms with Crippen LogP contribution in [0.1, 0.15) is 36.6 Å². The van der Waals surface area contributed by atoms with Gasteiger partial charge in [-0.1, -0.05) is 6.07 Å². The highest BCUT2D eigenvalue weighted by molar-refractivity contribution is 14.0. The molecule has 6 nitrogen and oxygen atoms in total. The van der Waals surface area contributed by atoms with Crippen molar-refractivity contribution in [1.29, 1.82) is 0 Å². The van der Waals surface area contributed by atoms with Gasteiger partial charge in [-0.3, -0.25) is 9.89 Å². The molecule has 1 aromatic rings. The van der Waals surface area contributed by atoms with Crippen molar-refractivity contribution in [2.24, 2.45) is 10.9 Å². The molecule has 0 bridgehead atoms.